The Balaban J connectivity index is 1.22. The van der Waals surface area contributed by atoms with Gasteiger partial charge in [-0.3, -0.25) is 4.90 Å². The molecule has 2 aliphatic carbocycles. The number of likely N-dealkylation sites (tertiary alicyclic amines) is 2. The standard InChI is InChI=1S/C23H37N3O4/c1-3-17-18(13-22(17)7-10-25(15-22)20(27)28)24-11-8-23(9-12-24)19(4-2)26(21(29)30-23)14-16-5-6-16/h16-19H,3-15H2,1-2H3,(H,27,28). The van der Waals surface area contributed by atoms with E-state index in [9.17, 15) is 14.7 Å². The number of carboxylic acid groups (broad SMARTS) is 1. The molecule has 0 aromatic heterocycles. The molecule has 5 aliphatic rings. The molecular formula is C23H37N3O4. The lowest BCUT2D eigenvalue weighted by atomic mass is 9.54. The predicted octanol–water partition coefficient (Wildman–Crippen LogP) is 3.63. The summed E-state index contributed by atoms with van der Waals surface area (Å²) in [4.78, 5) is 30.3. The van der Waals surface area contributed by atoms with Crippen molar-refractivity contribution in [1.82, 2.24) is 14.7 Å². The van der Waals surface area contributed by atoms with Gasteiger partial charge in [-0.25, -0.2) is 9.59 Å². The topological polar surface area (TPSA) is 73.3 Å². The van der Waals surface area contributed by atoms with Crippen LogP contribution in [0.3, 0.4) is 0 Å². The summed E-state index contributed by atoms with van der Waals surface area (Å²) in [5.41, 5.74) is -0.104. The van der Waals surface area contributed by atoms with Crippen LogP contribution >= 0.6 is 0 Å². The van der Waals surface area contributed by atoms with Crippen LogP contribution in [0.2, 0.25) is 0 Å². The van der Waals surface area contributed by atoms with Crippen molar-refractivity contribution in [3.05, 3.63) is 0 Å². The number of carbonyl (C=O) groups excluding carboxylic acids is 1. The molecule has 5 fully saturated rings. The van der Waals surface area contributed by atoms with Crippen LogP contribution < -0.4 is 0 Å². The van der Waals surface area contributed by atoms with Crippen LogP contribution in [0.1, 0.15) is 65.2 Å². The Hall–Kier alpha value is -1.50. The average Bonchev–Trinajstić information content (AvgIpc) is 3.34. The third-order valence-corrected chi connectivity index (χ3v) is 9.12. The molecule has 5 rings (SSSR count). The summed E-state index contributed by atoms with van der Waals surface area (Å²) in [6.07, 6.45) is 7.72. The van der Waals surface area contributed by atoms with Gasteiger partial charge in [-0.15, -0.1) is 0 Å². The number of rotatable bonds is 5. The van der Waals surface area contributed by atoms with E-state index in [0.29, 0.717) is 31.0 Å². The molecule has 3 aliphatic heterocycles. The Morgan fingerprint density at radius 2 is 1.87 bits per heavy atom. The highest BCUT2D eigenvalue weighted by atomic mass is 16.6. The van der Waals surface area contributed by atoms with Crippen LogP contribution in [0.15, 0.2) is 0 Å². The highest BCUT2D eigenvalue weighted by Gasteiger charge is 2.60. The maximum absolute atomic E-state index is 12.7. The van der Waals surface area contributed by atoms with E-state index in [4.69, 9.17) is 4.74 Å². The van der Waals surface area contributed by atoms with E-state index in [2.05, 4.69) is 18.7 Å². The molecule has 168 valence electrons. The summed E-state index contributed by atoms with van der Waals surface area (Å²) in [7, 11) is 0. The smallest absolute Gasteiger partial charge is 0.410 e. The highest BCUT2D eigenvalue weighted by molar-refractivity contribution is 5.71. The van der Waals surface area contributed by atoms with Gasteiger partial charge in [-0.05, 0) is 49.4 Å². The van der Waals surface area contributed by atoms with Gasteiger partial charge in [0.05, 0.1) is 6.04 Å². The summed E-state index contributed by atoms with van der Waals surface area (Å²) >= 11 is 0. The lowest BCUT2D eigenvalue weighted by Crippen LogP contribution is -2.63. The number of carbonyl (C=O) groups is 2. The van der Waals surface area contributed by atoms with Gasteiger partial charge in [0.15, 0.2) is 0 Å². The van der Waals surface area contributed by atoms with E-state index < -0.39 is 6.09 Å². The van der Waals surface area contributed by atoms with Crippen molar-refractivity contribution < 1.29 is 19.4 Å². The molecule has 2 spiro atoms. The minimum Gasteiger partial charge on any atom is -0.465 e. The van der Waals surface area contributed by atoms with Crippen molar-refractivity contribution in [2.24, 2.45) is 17.3 Å². The second kappa shape index (κ2) is 7.28. The molecule has 0 radical (unpaired) electrons. The van der Waals surface area contributed by atoms with E-state index in [1.807, 2.05) is 4.90 Å². The first kappa shape index (κ1) is 20.4. The van der Waals surface area contributed by atoms with Gasteiger partial charge in [0.25, 0.3) is 0 Å². The zero-order chi connectivity index (χ0) is 21.1. The van der Waals surface area contributed by atoms with Gasteiger partial charge in [0.2, 0.25) is 0 Å². The van der Waals surface area contributed by atoms with Gasteiger partial charge < -0.3 is 19.6 Å². The zero-order valence-electron chi connectivity index (χ0n) is 18.5. The van der Waals surface area contributed by atoms with Crippen LogP contribution in [0, 0.1) is 17.3 Å². The summed E-state index contributed by atoms with van der Waals surface area (Å²) < 4.78 is 6.09. The van der Waals surface area contributed by atoms with Gasteiger partial charge in [-0.2, -0.15) is 0 Å². The fraction of sp³-hybridized carbons (Fsp3) is 0.913. The third-order valence-electron chi connectivity index (χ3n) is 9.12. The van der Waals surface area contributed by atoms with Crippen molar-refractivity contribution in [2.75, 3.05) is 32.7 Å². The fourth-order valence-corrected chi connectivity index (χ4v) is 7.33. The normalized spacial score (nSPS) is 38.3. The molecule has 4 atom stereocenters. The molecule has 7 heteroatoms. The summed E-state index contributed by atoms with van der Waals surface area (Å²) in [6, 6.07) is 0.780. The van der Waals surface area contributed by atoms with Crippen LogP contribution in [0.25, 0.3) is 0 Å². The largest absolute Gasteiger partial charge is 0.465 e. The molecule has 7 nitrogen and oxygen atoms in total. The van der Waals surface area contributed by atoms with E-state index in [1.54, 1.807) is 4.90 Å². The first-order valence-corrected chi connectivity index (χ1v) is 12.1. The van der Waals surface area contributed by atoms with Crippen molar-refractivity contribution in [1.29, 1.82) is 0 Å². The van der Waals surface area contributed by atoms with E-state index in [-0.39, 0.29) is 23.2 Å². The maximum Gasteiger partial charge on any atom is 0.410 e. The molecule has 3 saturated heterocycles. The summed E-state index contributed by atoms with van der Waals surface area (Å²) in [5.74, 6) is 1.27. The number of nitrogens with zero attached hydrogens (tertiary/aromatic N) is 3. The number of amides is 2. The van der Waals surface area contributed by atoms with E-state index in [0.717, 1.165) is 58.2 Å². The minimum atomic E-state index is -0.769. The van der Waals surface area contributed by atoms with E-state index >= 15 is 0 Å². The van der Waals surface area contributed by atoms with Gasteiger partial charge in [0.1, 0.15) is 5.60 Å². The van der Waals surface area contributed by atoms with Gasteiger partial charge >= 0.3 is 12.2 Å². The van der Waals surface area contributed by atoms with Crippen LogP contribution in [-0.4, -0.2) is 82.4 Å². The summed E-state index contributed by atoms with van der Waals surface area (Å²) in [5, 5.41) is 9.38. The number of piperidine rings is 1. The first-order valence-electron chi connectivity index (χ1n) is 12.1. The second-order valence-corrected chi connectivity index (χ2v) is 10.6. The Morgan fingerprint density at radius 1 is 1.13 bits per heavy atom. The van der Waals surface area contributed by atoms with Crippen molar-refractivity contribution in [3.8, 4) is 0 Å². The quantitative estimate of drug-likeness (QED) is 0.737. The Morgan fingerprint density at radius 3 is 2.43 bits per heavy atom. The zero-order valence-corrected chi connectivity index (χ0v) is 18.5. The third kappa shape index (κ3) is 3.10. The lowest BCUT2D eigenvalue weighted by molar-refractivity contribution is -0.104. The van der Waals surface area contributed by atoms with E-state index in [1.165, 1.54) is 12.8 Å². The van der Waals surface area contributed by atoms with Gasteiger partial charge in [-0.1, -0.05) is 20.3 Å². The maximum atomic E-state index is 12.7. The molecule has 0 aromatic rings. The fourth-order valence-electron chi connectivity index (χ4n) is 7.33. The highest BCUT2D eigenvalue weighted by Crippen LogP contribution is 2.57. The Labute approximate surface area is 179 Å². The molecule has 30 heavy (non-hydrogen) atoms. The van der Waals surface area contributed by atoms with Crippen molar-refractivity contribution >= 4 is 12.2 Å². The summed E-state index contributed by atoms with van der Waals surface area (Å²) in [6.45, 7) is 8.70. The molecule has 3 heterocycles. The predicted molar refractivity (Wildman–Crippen MR) is 112 cm³/mol. The molecule has 2 saturated carbocycles. The number of hydrogen-bond acceptors (Lipinski definition) is 4. The molecule has 0 bridgehead atoms. The molecular weight excluding hydrogens is 382 g/mol. The molecule has 0 aromatic carbocycles. The van der Waals surface area contributed by atoms with Gasteiger partial charge in [0, 0.05) is 51.6 Å². The monoisotopic (exact) mass is 419 g/mol. The average molecular weight is 420 g/mol. The van der Waals surface area contributed by atoms with Crippen LogP contribution in [0.4, 0.5) is 9.59 Å². The Kier molecular flexibility index (Phi) is 4.95. The van der Waals surface area contributed by atoms with Crippen LogP contribution in [0.5, 0.6) is 0 Å². The van der Waals surface area contributed by atoms with Crippen molar-refractivity contribution in [2.45, 2.75) is 82.9 Å². The Bertz CT molecular complexity index is 703. The second-order valence-electron chi connectivity index (χ2n) is 10.6. The van der Waals surface area contributed by atoms with Crippen molar-refractivity contribution in [3.63, 3.8) is 0 Å². The number of hydrogen-bond donors (Lipinski definition) is 1. The lowest BCUT2D eigenvalue weighted by Gasteiger charge is -2.58. The SMILES string of the molecule is CCC1C(N2CCC3(CC2)OC(=O)N(CC2CC2)C3CC)CC12CCN(C(=O)O)C2. The van der Waals surface area contributed by atoms with Crippen LogP contribution in [-0.2, 0) is 4.74 Å². The first-order chi connectivity index (χ1) is 14.4. The minimum absolute atomic E-state index is 0.0871. The number of ether oxygens (including phenoxy) is 1. The molecule has 2 amide bonds. The molecule has 4 unspecified atom stereocenters. The molecule has 1 N–H and O–H groups in total.